The lowest BCUT2D eigenvalue weighted by Crippen LogP contribution is -2.75. The number of methoxy groups -OCH3 is 1. The normalized spacial score (nSPS) is 50.5. The lowest BCUT2D eigenvalue weighted by Gasteiger charge is -2.69. The zero-order chi connectivity index (χ0) is 25.1. The molecule has 2 heterocycles. The van der Waals surface area contributed by atoms with Gasteiger partial charge in [0, 0.05) is 29.6 Å². The number of fused-ring (bicyclic) bond motifs is 3. The van der Waals surface area contributed by atoms with E-state index in [1.165, 1.54) is 14.0 Å². The van der Waals surface area contributed by atoms with Crippen LogP contribution in [0.2, 0.25) is 0 Å². The number of Topliss-reactive ketones (excluding diaryl/α,β-unsaturated/α-hetero) is 1. The number of carbonyl (C=O) groups excluding carboxylic acids is 4. The molecule has 0 radical (unpaired) electrons. The molecule has 0 unspecified atom stereocenters. The van der Waals surface area contributed by atoms with E-state index in [1.54, 1.807) is 0 Å². The van der Waals surface area contributed by atoms with Gasteiger partial charge in [0.2, 0.25) is 6.10 Å². The predicted molar refractivity (Wildman–Crippen MR) is 118 cm³/mol. The van der Waals surface area contributed by atoms with Crippen LogP contribution in [0.3, 0.4) is 0 Å². The number of cyclic esters (lactones) is 1. The lowest BCUT2D eigenvalue weighted by molar-refractivity contribution is -0.263. The maximum Gasteiger partial charge on any atom is 0.347 e. The van der Waals surface area contributed by atoms with Gasteiger partial charge in [-0.3, -0.25) is 9.59 Å². The Bertz CT molecular complexity index is 987. The summed E-state index contributed by atoms with van der Waals surface area (Å²) < 4.78 is 23.0. The number of epoxide rings is 1. The minimum Gasteiger partial charge on any atom is -0.466 e. The first-order valence-electron chi connectivity index (χ1n) is 12.4. The van der Waals surface area contributed by atoms with E-state index in [0.717, 1.165) is 12.8 Å². The smallest absolute Gasteiger partial charge is 0.347 e. The van der Waals surface area contributed by atoms with Crippen LogP contribution in [-0.4, -0.2) is 54.7 Å². The molecule has 2 saturated heterocycles. The lowest BCUT2D eigenvalue weighted by atomic mass is 9.35. The average molecular weight is 477 g/mol. The molecule has 0 aromatic heterocycles. The van der Waals surface area contributed by atoms with Crippen LogP contribution in [0.4, 0.5) is 0 Å². The molecule has 5 rings (SSSR count). The fourth-order valence-electron chi connectivity index (χ4n) is 9.25. The largest absolute Gasteiger partial charge is 0.466 e. The quantitative estimate of drug-likeness (QED) is 0.340. The summed E-state index contributed by atoms with van der Waals surface area (Å²) in [5.41, 5.74) is -3.35. The van der Waals surface area contributed by atoms with Crippen LogP contribution in [0.25, 0.3) is 0 Å². The summed E-state index contributed by atoms with van der Waals surface area (Å²) in [5, 5.41) is 0. The van der Waals surface area contributed by atoms with Gasteiger partial charge in [-0.1, -0.05) is 34.6 Å². The van der Waals surface area contributed by atoms with Gasteiger partial charge in [0.1, 0.15) is 17.5 Å². The van der Waals surface area contributed by atoms with Gasteiger partial charge in [-0.15, -0.1) is 0 Å². The number of hydrogen-bond donors (Lipinski definition) is 0. The Balaban J connectivity index is 1.69. The van der Waals surface area contributed by atoms with Gasteiger partial charge in [-0.05, 0) is 42.9 Å². The van der Waals surface area contributed by atoms with Crippen LogP contribution in [0, 0.1) is 33.5 Å². The summed E-state index contributed by atoms with van der Waals surface area (Å²) in [6, 6.07) is 0. The van der Waals surface area contributed by atoms with Crippen molar-refractivity contribution in [3.8, 4) is 0 Å². The molecular formula is C26H36O8. The van der Waals surface area contributed by atoms with Crippen LogP contribution in [0.5, 0.6) is 0 Å². The number of ether oxygens (including phenoxy) is 4. The predicted octanol–water partition coefficient (Wildman–Crippen LogP) is 2.99. The van der Waals surface area contributed by atoms with Crippen LogP contribution in [0.1, 0.15) is 73.6 Å². The average Bonchev–Trinajstić information content (AvgIpc) is 3.53. The molecule has 188 valence electrons. The Morgan fingerprint density at radius 1 is 1.03 bits per heavy atom. The van der Waals surface area contributed by atoms with Crippen molar-refractivity contribution >= 4 is 23.7 Å². The minimum atomic E-state index is -1.09. The van der Waals surface area contributed by atoms with E-state index in [-0.39, 0.29) is 23.0 Å². The fourth-order valence-corrected chi connectivity index (χ4v) is 9.25. The van der Waals surface area contributed by atoms with Gasteiger partial charge in [-0.25, -0.2) is 9.59 Å². The first kappa shape index (κ1) is 23.8. The van der Waals surface area contributed by atoms with Gasteiger partial charge >= 0.3 is 17.9 Å². The maximum atomic E-state index is 13.0. The van der Waals surface area contributed by atoms with E-state index in [2.05, 4.69) is 13.8 Å². The first-order valence-corrected chi connectivity index (χ1v) is 12.4. The molecule has 8 heteroatoms. The van der Waals surface area contributed by atoms with E-state index >= 15 is 0 Å². The second kappa shape index (κ2) is 6.83. The van der Waals surface area contributed by atoms with Gasteiger partial charge in [0.05, 0.1) is 7.11 Å². The highest BCUT2D eigenvalue weighted by molar-refractivity contribution is 5.88. The second-order valence-electron chi connectivity index (χ2n) is 12.4. The molecular weight excluding hydrogens is 440 g/mol. The third-order valence-corrected chi connectivity index (χ3v) is 10.9. The van der Waals surface area contributed by atoms with E-state index in [9.17, 15) is 19.2 Å². The van der Waals surface area contributed by atoms with Crippen molar-refractivity contribution in [1.82, 2.24) is 0 Å². The van der Waals surface area contributed by atoms with Crippen molar-refractivity contribution < 1.29 is 38.1 Å². The topological polar surface area (TPSA) is 108 Å². The highest BCUT2D eigenvalue weighted by Gasteiger charge is 2.89. The molecule has 0 amide bonds. The van der Waals surface area contributed by atoms with Gasteiger partial charge < -0.3 is 18.9 Å². The summed E-state index contributed by atoms with van der Waals surface area (Å²) in [6.07, 6.45) is 0.629. The Morgan fingerprint density at radius 2 is 1.71 bits per heavy atom. The Kier molecular flexibility index (Phi) is 4.77. The maximum absolute atomic E-state index is 13.0. The zero-order valence-corrected chi connectivity index (χ0v) is 21.2. The van der Waals surface area contributed by atoms with E-state index in [0.29, 0.717) is 19.3 Å². The first-order chi connectivity index (χ1) is 15.7. The molecule has 9 atom stereocenters. The number of ketones is 1. The standard InChI is InChI=1S/C26H36O8/c1-13(27)32-17-12-15-22(2,3)16(28)9-10-23(15,4)14-8-11-24(5)18(20(29)31-7)33-21(30)19-26(24,34-19)25(14,17)6/h14-15,17-19H,8-12H2,1-7H3/t14-,15+,17-,18+,19+,23-,24+,25+,26+/m1/s1. The molecule has 3 aliphatic carbocycles. The highest BCUT2D eigenvalue weighted by atomic mass is 16.7. The summed E-state index contributed by atoms with van der Waals surface area (Å²) in [4.78, 5) is 51.1. The van der Waals surface area contributed by atoms with Crippen molar-refractivity contribution in [2.75, 3.05) is 7.11 Å². The SMILES string of the molecule is COC(=O)[C@@H]1OC(=O)[C@@H]2O[C@@]23[C@@]2(C)[C@H](CC[C@@]13C)[C@@]1(C)CCC(=O)C(C)(C)[C@@H]1C[C@H]2OC(C)=O. The van der Waals surface area contributed by atoms with E-state index in [4.69, 9.17) is 18.9 Å². The Labute approximate surface area is 200 Å². The molecule has 34 heavy (non-hydrogen) atoms. The molecule has 0 aromatic carbocycles. The van der Waals surface area contributed by atoms with Crippen LogP contribution < -0.4 is 0 Å². The van der Waals surface area contributed by atoms with Crippen LogP contribution in [-0.2, 0) is 38.1 Å². The second-order valence-corrected chi connectivity index (χ2v) is 12.4. The van der Waals surface area contributed by atoms with Gasteiger partial charge in [0.15, 0.2) is 6.10 Å². The van der Waals surface area contributed by atoms with Gasteiger partial charge in [-0.2, -0.15) is 0 Å². The Morgan fingerprint density at radius 3 is 2.32 bits per heavy atom. The molecule has 2 aliphatic heterocycles. The molecule has 3 saturated carbocycles. The van der Waals surface area contributed by atoms with Crippen LogP contribution in [0.15, 0.2) is 0 Å². The van der Waals surface area contributed by atoms with Crippen molar-refractivity contribution in [2.45, 2.75) is 97.6 Å². The summed E-state index contributed by atoms with van der Waals surface area (Å²) in [6.45, 7) is 11.7. The zero-order valence-electron chi connectivity index (χ0n) is 21.2. The molecule has 8 nitrogen and oxygen atoms in total. The van der Waals surface area contributed by atoms with Crippen molar-refractivity contribution in [3.05, 3.63) is 0 Å². The molecule has 5 fully saturated rings. The Hall–Kier alpha value is -1.96. The molecule has 1 spiro atoms. The number of carbonyl (C=O) groups is 4. The van der Waals surface area contributed by atoms with E-state index in [1.807, 2.05) is 20.8 Å². The van der Waals surface area contributed by atoms with Crippen molar-refractivity contribution in [3.63, 3.8) is 0 Å². The number of hydrogen-bond acceptors (Lipinski definition) is 8. The molecule has 0 N–H and O–H groups in total. The van der Waals surface area contributed by atoms with Gasteiger partial charge in [0.25, 0.3) is 0 Å². The van der Waals surface area contributed by atoms with E-state index < -0.39 is 58.1 Å². The summed E-state index contributed by atoms with van der Waals surface area (Å²) in [7, 11) is 1.29. The molecule has 0 aromatic rings. The minimum absolute atomic E-state index is 0.0218. The summed E-state index contributed by atoms with van der Waals surface area (Å²) >= 11 is 0. The van der Waals surface area contributed by atoms with Crippen molar-refractivity contribution in [2.24, 2.45) is 33.5 Å². The number of esters is 3. The van der Waals surface area contributed by atoms with Crippen LogP contribution >= 0.6 is 0 Å². The third kappa shape index (κ3) is 2.48. The monoisotopic (exact) mass is 476 g/mol. The highest BCUT2D eigenvalue weighted by Crippen LogP contribution is 2.78. The fraction of sp³-hybridized carbons (Fsp3) is 0.846. The summed E-state index contributed by atoms with van der Waals surface area (Å²) in [5.74, 6) is -1.28. The molecule has 0 bridgehead atoms. The number of rotatable bonds is 2. The third-order valence-electron chi connectivity index (χ3n) is 10.9. The molecule has 5 aliphatic rings. The van der Waals surface area contributed by atoms with Crippen molar-refractivity contribution in [1.29, 1.82) is 0 Å².